The lowest BCUT2D eigenvalue weighted by molar-refractivity contribution is 0.0952. The molecule has 142 valence electrons. The molecule has 0 bridgehead atoms. The molecule has 2 aromatic heterocycles. The van der Waals surface area contributed by atoms with Gasteiger partial charge in [-0.1, -0.05) is 24.3 Å². The van der Waals surface area contributed by atoms with E-state index in [1.165, 1.54) is 0 Å². The van der Waals surface area contributed by atoms with Gasteiger partial charge in [-0.05, 0) is 42.5 Å². The van der Waals surface area contributed by atoms with Crippen LogP contribution in [0.2, 0.25) is 0 Å². The van der Waals surface area contributed by atoms with Gasteiger partial charge in [0.15, 0.2) is 11.5 Å². The number of hydrogen-bond acceptors (Lipinski definition) is 5. The Morgan fingerprint density at radius 2 is 1.83 bits per heavy atom. The van der Waals surface area contributed by atoms with E-state index in [0.29, 0.717) is 29.3 Å². The zero-order chi connectivity index (χ0) is 19.6. The van der Waals surface area contributed by atoms with Gasteiger partial charge in [0.1, 0.15) is 0 Å². The van der Waals surface area contributed by atoms with Crippen molar-refractivity contribution in [2.45, 2.75) is 6.54 Å². The quantitative estimate of drug-likeness (QED) is 0.578. The van der Waals surface area contributed by atoms with Crippen molar-refractivity contribution in [2.75, 3.05) is 6.79 Å². The molecule has 0 radical (unpaired) electrons. The van der Waals surface area contributed by atoms with E-state index in [1.54, 1.807) is 6.20 Å². The molecule has 0 saturated heterocycles. The first-order chi connectivity index (χ1) is 14.3. The molecule has 0 atom stereocenters. The summed E-state index contributed by atoms with van der Waals surface area (Å²) in [7, 11) is 0. The highest BCUT2D eigenvalue weighted by Crippen LogP contribution is 2.36. The average Bonchev–Trinajstić information content (AvgIpc) is 3.25. The van der Waals surface area contributed by atoms with Crippen molar-refractivity contribution in [3.8, 4) is 22.8 Å². The molecule has 0 fully saturated rings. The molecule has 1 aliphatic heterocycles. The third kappa shape index (κ3) is 3.36. The third-order valence-electron chi connectivity index (χ3n) is 4.79. The van der Waals surface area contributed by atoms with Gasteiger partial charge in [0, 0.05) is 17.1 Å². The Labute approximate surface area is 167 Å². The van der Waals surface area contributed by atoms with Crippen LogP contribution in [0.25, 0.3) is 22.2 Å². The lowest BCUT2D eigenvalue weighted by Gasteiger charge is -2.11. The minimum Gasteiger partial charge on any atom is -0.454 e. The maximum Gasteiger partial charge on any atom is 0.252 e. The fraction of sp³-hybridized carbons (Fsp3) is 0.0870. The van der Waals surface area contributed by atoms with E-state index in [0.717, 1.165) is 22.2 Å². The van der Waals surface area contributed by atoms with Crippen LogP contribution in [0.3, 0.4) is 0 Å². The number of fused-ring (bicyclic) bond motifs is 2. The van der Waals surface area contributed by atoms with Crippen LogP contribution in [0.4, 0.5) is 0 Å². The van der Waals surface area contributed by atoms with E-state index in [9.17, 15) is 4.79 Å². The molecule has 0 unspecified atom stereocenters. The van der Waals surface area contributed by atoms with Gasteiger partial charge in [-0.2, -0.15) is 0 Å². The van der Waals surface area contributed by atoms with E-state index >= 15 is 0 Å². The minimum absolute atomic E-state index is 0.170. The fourth-order valence-electron chi connectivity index (χ4n) is 3.34. The Morgan fingerprint density at radius 3 is 2.72 bits per heavy atom. The van der Waals surface area contributed by atoms with Crippen molar-refractivity contribution in [1.82, 2.24) is 15.3 Å². The van der Waals surface area contributed by atoms with Crippen molar-refractivity contribution in [3.63, 3.8) is 0 Å². The predicted octanol–water partition coefficient (Wildman–Crippen LogP) is 3.96. The highest BCUT2D eigenvalue weighted by atomic mass is 16.7. The number of benzene rings is 2. The molecule has 1 amide bonds. The van der Waals surface area contributed by atoms with Crippen LogP contribution >= 0.6 is 0 Å². The van der Waals surface area contributed by atoms with Gasteiger partial charge in [0.25, 0.3) is 5.91 Å². The van der Waals surface area contributed by atoms with Crippen LogP contribution in [0, 0.1) is 0 Å². The van der Waals surface area contributed by atoms with Crippen molar-refractivity contribution in [1.29, 1.82) is 0 Å². The molecule has 1 aliphatic rings. The molecule has 5 rings (SSSR count). The summed E-state index contributed by atoms with van der Waals surface area (Å²) >= 11 is 0. The molecule has 1 N–H and O–H groups in total. The zero-order valence-electron chi connectivity index (χ0n) is 15.5. The van der Waals surface area contributed by atoms with Crippen molar-refractivity contribution >= 4 is 16.8 Å². The Hall–Kier alpha value is -3.93. The number of amides is 1. The summed E-state index contributed by atoms with van der Waals surface area (Å²) in [6.45, 7) is 0.570. The van der Waals surface area contributed by atoms with E-state index in [2.05, 4.69) is 10.3 Å². The van der Waals surface area contributed by atoms with Gasteiger partial charge in [0.2, 0.25) is 6.79 Å². The number of rotatable bonds is 4. The Balaban J connectivity index is 1.53. The number of carbonyl (C=O) groups is 1. The first kappa shape index (κ1) is 17.2. The number of nitrogens with one attached hydrogen (secondary N) is 1. The van der Waals surface area contributed by atoms with Crippen molar-refractivity contribution < 1.29 is 14.3 Å². The SMILES string of the molecule is O=C(NCc1ccccn1)c1cc(-c2ccc3c(c2)OCO3)nc2ccccc12. The molecular formula is C23H17N3O3. The monoisotopic (exact) mass is 383 g/mol. The number of hydrogen-bond donors (Lipinski definition) is 1. The fourth-order valence-corrected chi connectivity index (χ4v) is 3.34. The molecule has 6 nitrogen and oxygen atoms in total. The number of aromatic nitrogens is 2. The Morgan fingerprint density at radius 1 is 0.966 bits per heavy atom. The summed E-state index contributed by atoms with van der Waals surface area (Å²) in [5.74, 6) is 1.22. The summed E-state index contributed by atoms with van der Waals surface area (Å²) in [6.07, 6.45) is 1.71. The largest absolute Gasteiger partial charge is 0.454 e. The van der Waals surface area contributed by atoms with E-state index in [1.807, 2.05) is 66.7 Å². The molecule has 0 saturated carbocycles. The first-order valence-electron chi connectivity index (χ1n) is 9.26. The topological polar surface area (TPSA) is 73.3 Å². The molecule has 29 heavy (non-hydrogen) atoms. The van der Waals surface area contributed by atoms with Gasteiger partial charge in [0.05, 0.1) is 29.0 Å². The second-order valence-electron chi connectivity index (χ2n) is 6.64. The molecule has 3 heterocycles. The van der Waals surface area contributed by atoms with Crippen LogP contribution in [0.5, 0.6) is 11.5 Å². The number of para-hydroxylation sites is 1. The number of pyridine rings is 2. The predicted molar refractivity (Wildman–Crippen MR) is 109 cm³/mol. The van der Waals surface area contributed by atoms with Crippen molar-refractivity contribution in [3.05, 3.63) is 84.2 Å². The van der Waals surface area contributed by atoms with Crippen LogP contribution < -0.4 is 14.8 Å². The molecular weight excluding hydrogens is 366 g/mol. The maximum absolute atomic E-state index is 13.0. The lowest BCUT2D eigenvalue weighted by atomic mass is 10.0. The summed E-state index contributed by atoms with van der Waals surface area (Å²) in [5, 5.41) is 3.76. The molecule has 0 spiro atoms. The summed E-state index contributed by atoms with van der Waals surface area (Å²) in [6, 6.07) is 20.7. The highest BCUT2D eigenvalue weighted by molar-refractivity contribution is 6.07. The van der Waals surface area contributed by atoms with Gasteiger partial charge in [-0.15, -0.1) is 0 Å². The standard InChI is InChI=1S/C23H17N3O3/c27-23(25-13-16-5-3-4-10-24-16)18-12-20(26-19-7-2-1-6-17(18)19)15-8-9-21-22(11-15)29-14-28-21/h1-12H,13-14H2,(H,25,27). The van der Waals surface area contributed by atoms with Crippen LogP contribution in [-0.4, -0.2) is 22.7 Å². The maximum atomic E-state index is 13.0. The molecule has 2 aromatic carbocycles. The van der Waals surface area contributed by atoms with Crippen molar-refractivity contribution in [2.24, 2.45) is 0 Å². The van der Waals surface area contributed by atoms with Gasteiger partial charge >= 0.3 is 0 Å². The molecule has 0 aliphatic carbocycles. The zero-order valence-corrected chi connectivity index (χ0v) is 15.5. The van der Waals surface area contributed by atoms with Gasteiger partial charge in [-0.3, -0.25) is 9.78 Å². The molecule has 6 heteroatoms. The van der Waals surface area contributed by atoms with Gasteiger partial charge in [-0.25, -0.2) is 4.98 Å². The molecule has 4 aromatic rings. The van der Waals surface area contributed by atoms with E-state index in [4.69, 9.17) is 14.5 Å². The Kier molecular flexibility index (Phi) is 4.29. The first-order valence-corrected chi connectivity index (χ1v) is 9.26. The van der Waals surface area contributed by atoms with E-state index < -0.39 is 0 Å². The van der Waals surface area contributed by atoms with Crippen LogP contribution in [0.15, 0.2) is 72.9 Å². The average molecular weight is 383 g/mol. The lowest BCUT2D eigenvalue weighted by Crippen LogP contribution is -2.23. The summed E-state index contributed by atoms with van der Waals surface area (Å²) < 4.78 is 10.9. The summed E-state index contributed by atoms with van der Waals surface area (Å²) in [5.41, 5.74) is 3.68. The summed E-state index contributed by atoms with van der Waals surface area (Å²) in [4.78, 5) is 22.0. The number of ether oxygens (including phenoxy) is 2. The minimum atomic E-state index is -0.170. The van der Waals surface area contributed by atoms with Gasteiger partial charge < -0.3 is 14.8 Å². The van der Waals surface area contributed by atoms with Crippen LogP contribution in [0.1, 0.15) is 16.1 Å². The third-order valence-corrected chi connectivity index (χ3v) is 4.79. The number of nitrogens with zero attached hydrogens (tertiary/aromatic N) is 2. The highest BCUT2D eigenvalue weighted by Gasteiger charge is 2.17. The van der Waals surface area contributed by atoms with Crippen LogP contribution in [-0.2, 0) is 6.54 Å². The normalized spacial score (nSPS) is 12.1. The number of carbonyl (C=O) groups excluding carboxylic acids is 1. The smallest absolute Gasteiger partial charge is 0.252 e. The Bertz CT molecular complexity index is 1210. The second kappa shape index (κ2) is 7.24. The van der Waals surface area contributed by atoms with E-state index in [-0.39, 0.29) is 12.7 Å². The second-order valence-corrected chi connectivity index (χ2v) is 6.64.